The minimum absolute atomic E-state index is 0.605. The zero-order chi connectivity index (χ0) is 11.7. The van der Waals surface area contributed by atoms with E-state index in [9.17, 15) is 5.11 Å². The number of rotatable bonds is 2. The number of aromatic nitrogens is 1. The van der Waals surface area contributed by atoms with Crippen LogP contribution in [-0.2, 0) is 0 Å². The lowest BCUT2D eigenvalue weighted by atomic mass is 9.94. The summed E-state index contributed by atoms with van der Waals surface area (Å²) in [5.41, 5.74) is 6.94. The normalized spacial score (nSPS) is 12.8. The highest BCUT2D eigenvalue weighted by Gasteiger charge is 2.17. The summed E-state index contributed by atoms with van der Waals surface area (Å²) >= 11 is 1.51. The fourth-order valence-corrected chi connectivity index (χ4v) is 2.70. The second-order valence-electron chi connectivity index (χ2n) is 4.13. The number of aliphatic hydroxyl groups is 1. The molecule has 0 saturated carbocycles. The molecule has 0 aliphatic carbocycles. The molecule has 2 nitrogen and oxygen atoms in total. The van der Waals surface area contributed by atoms with Crippen molar-refractivity contribution in [1.82, 2.24) is 4.98 Å². The number of hydrogen-bond donors (Lipinski definition) is 1. The molecule has 0 radical (unpaired) electrons. The summed E-state index contributed by atoms with van der Waals surface area (Å²) in [7, 11) is 0. The summed E-state index contributed by atoms with van der Waals surface area (Å²) in [5.74, 6) is 0. The van der Waals surface area contributed by atoms with E-state index in [1.807, 2.05) is 19.2 Å². The van der Waals surface area contributed by atoms with Gasteiger partial charge in [-0.15, -0.1) is 11.3 Å². The monoisotopic (exact) mass is 233 g/mol. The molecule has 0 bridgehead atoms. The van der Waals surface area contributed by atoms with Gasteiger partial charge in [0.1, 0.15) is 6.10 Å². The van der Waals surface area contributed by atoms with Gasteiger partial charge >= 0.3 is 0 Å². The Morgan fingerprint density at radius 1 is 1.19 bits per heavy atom. The highest BCUT2D eigenvalue weighted by atomic mass is 32.1. The summed E-state index contributed by atoms with van der Waals surface area (Å²) in [4.78, 5) is 4.17. The van der Waals surface area contributed by atoms with Gasteiger partial charge in [-0.25, -0.2) is 4.98 Å². The van der Waals surface area contributed by atoms with E-state index in [4.69, 9.17) is 0 Å². The lowest BCUT2D eigenvalue weighted by Crippen LogP contribution is -2.05. The van der Waals surface area contributed by atoms with Crippen LogP contribution in [-0.4, -0.2) is 10.1 Å². The summed E-state index contributed by atoms with van der Waals surface area (Å²) in [5, 5.41) is 12.2. The van der Waals surface area contributed by atoms with Crippen LogP contribution in [0.15, 0.2) is 23.0 Å². The smallest absolute Gasteiger partial charge is 0.122 e. The number of hydrogen-bond acceptors (Lipinski definition) is 3. The van der Waals surface area contributed by atoms with E-state index in [1.54, 1.807) is 5.51 Å². The first-order chi connectivity index (χ1) is 7.59. The third kappa shape index (κ3) is 2.01. The highest BCUT2D eigenvalue weighted by Crippen LogP contribution is 2.28. The van der Waals surface area contributed by atoms with E-state index in [-0.39, 0.29) is 0 Å². The predicted octanol–water partition coefficient (Wildman–Crippen LogP) is 3.15. The van der Waals surface area contributed by atoms with Gasteiger partial charge < -0.3 is 5.11 Å². The Balaban J connectivity index is 2.48. The number of nitrogens with zero attached hydrogens (tertiary/aromatic N) is 1. The molecule has 1 N–H and O–H groups in total. The van der Waals surface area contributed by atoms with E-state index in [2.05, 4.69) is 24.0 Å². The zero-order valence-corrected chi connectivity index (χ0v) is 10.5. The minimum Gasteiger partial charge on any atom is -0.382 e. The topological polar surface area (TPSA) is 33.1 Å². The van der Waals surface area contributed by atoms with Gasteiger partial charge in [-0.1, -0.05) is 17.7 Å². The van der Waals surface area contributed by atoms with Crippen LogP contribution >= 0.6 is 11.3 Å². The highest BCUT2D eigenvalue weighted by molar-refractivity contribution is 7.07. The van der Waals surface area contributed by atoms with Crippen molar-refractivity contribution < 1.29 is 5.11 Å². The SMILES string of the molecule is Cc1cc(C)c(C(O)c2cscn2)c(C)c1. The molecule has 0 fully saturated rings. The lowest BCUT2D eigenvalue weighted by Gasteiger charge is -2.15. The first kappa shape index (κ1) is 11.3. The van der Waals surface area contributed by atoms with Crippen molar-refractivity contribution in [1.29, 1.82) is 0 Å². The molecule has 2 rings (SSSR count). The molecule has 1 aromatic carbocycles. The average Bonchev–Trinajstić information content (AvgIpc) is 2.67. The Kier molecular flexibility index (Phi) is 3.08. The number of thiazole rings is 1. The Hall–Kier alpha value is -1.19. The molecule has 1 heterocycles. The van der Waals surface area contributed by atoms with E-state index >= 15 is 0 Å². The van der Waals surface area contributed by atoms with Crippen LogP contribution in [0.5, 0.6) is 0 Å². The van der Waals surface area contributed by atoms with Crippen LogP contribution in [0.25, 0.3) is 0 Å². The molecule has 0 aliphatic heterocycles. The fourth-order valence-electron chi connectivity index (χ4n) is 2.13. The van der Waals surface area contributed by atoms with Crippen molar-refractivity contribution >= 4 is 11.3 Å². The summed E-state index contributed by atoms with van der Waals surface area (Å²) in [6.07, 6.45) is -0.605. The fraction of sp³-hybridized carbons (Fsp3) is 0.308. The molecule has 1 unspecified atom stereocenters. The summed E-state index contributed by atoms with van der Waals surface area (Å²) in [6.45, 7) is 6.13. The molecule has 84 valence electrons. The van der Waals surface area contributed by atoms with Crippen molar-refractivity contribution in [3.8, 4) is 0 Å². The zero-order valence-electron chi connectivity index (χ0n) is 9.69. The van der Waals surface area contributed by atoms with Crippen LogP contribution in [0.1, 0.15) is 34.1 Å². The molecule has 16 heavy (non-hydrogen) atoms. The molecular formula is C13H15NOS. The minimum atomic E-state index is -0.605. The Morgan fingerprint density at radius 3 is 2.31 bits per heavy atom. The van der Waals surface area contributed by atoms with Gasteiger partial charge in [-0.3, -0.25) is 0 Å². The molecular weight excluding hydrogens is 218 g/mol. The maximum atomic E-state index is 10.3. The first-order valence-electron chi connectivity index (χ1n) is 5.23. The molecule has 0 amide bonds. The number of aliphatic hydroxyl groups excluding tert-OH is 1. The molecule has 0 aliphatic rings. The molecule has 1 atom stereocenters. The quantitative estimate of drug-likeness (QED) is 0.864. The predicted molar refractivity (Wildman–Crippen MR) is 66.8 cm³/mol. The number of benzene rings is 1. The van der Waals surface area contributed by atoms with Gasteiger partial charge in [0.15, 0.2) is 0 Å². The van der Waals surface area contributed by atoms with Crippen molar-refractivity contribution in [2.24, 2.45) is 0 Å². The largest absolute Gasteiger partial charge is 0.382 e. The molecule has 0 spiro atoms. The van der Waals surface area contributed by atoms with Crippen LogP contribution in [0.4, 0.5) is 0 Å². The van der Waals surface area contributed by atoms with E-state index in [0.717, 1.165) is 22.4 Å². The van der Waals surface area contributed by atoms with Crippen LogP contribution in [0, 0.1) is 20.8 Å². The summed E-state index contributed by atoms with van der Waals surface area (Å²) in [6, 6.07) is 4.19. The van der Waals surface area contributed by atoms with Crippen LogP contribution in [0.3, 0.4) is 0 Å². The van der Waals surface area contributed by atoms with Crippen LogP contribution < -0.4 is 0 Å². The second-order valence-corrected chi connectivity index (χ2v) is 4.85. The Bertz CT molecular complexity index is 468. The maximum Gasteiger partial charge on any atom is 0.122 e. The van der Waals surface area contributed by atoms with Gasteiger partial charge in [0.05, 0.1) is 11.2 Å². The molecule has 0 saturated heterocycles. The van der Waals surface area contributed by atoms with E-state index in [0.29, 0.717) is 0 Å². The van der Waals surface area contributed by atoms with E-state index in [1.165, 1.54) is 16.9 Å². The third-order valence-electron chi connectivity index (χ3n) is 2.74. The summed E-state index contributed by atoms with van der Waals surface area (Å²) < 4.78 is 0. The van der Waals surface area contributed by atoms with Gasteiger partial charge in [-0.05, 0) is 37.5 Å². The van der Waals surface area contributed by atoms with Gasteiger partial charge in [0.25, 0.3) is 0 Å². The molecule has 1 aromatic heterocycles. The number of aryl methyl sites for hydroxylation is 3. The second kappa shape index (κ2) is 4.36. The van der Waals surface area contributed by atoms with Crippen molar-refractivity contribution in [3.63, 3.8) is 0 Å². The van der Waals surface area contributed by atoms with Gasteiger partial charge in [0.2, 0.25) is 0 Å². The van der Waals surface area contributed by atoms with Crippen molar-refractivity contribution in [2.45, 2.75) is 26.9 Å². The average molecular weight is 233 g/mol. The first-order valence-corrected chi connectivity index (χ1v) is 6.17. The Labute approximate surface area is 99.6 Å². The Morgan fingerprint density at radius 2 is 1.81 bits per heavy atom. The van der Waals surface area contributed by atoms with Crippen molar-refractivity contribution in [2.75, 3.05) is 0 Å². The van der Waals surface area contributed by atoms with E-state index < -0.39 is 6.10 Å². The standard InChI is InChI=1S/C13H15NOS/c1-8-4-9(2)12(10(3)5-8)13(15)11-6-16-7-14-11/h4-7,13,15H,1-3H3. The third-order valence-corrected chi connectivity index (χ3v) is 3.35. The maximum absolute atomic E-state index is 10.3. The molecule has 2 aromatic rings. The van der Waals surface area contributed by atoms with Crippen LogP contribution in [0.2, 0.25) is 0 Å². The molecule has 3 heteroatoms. The van der Waals surface area contributed by atoms with Gasteiger partial charge in [-0.2, -0.15) is 0 Å². The lowest BCUT2D eigenvalue weighted by molar-refractivity contribution is 0.214. The van der Waals surface area contributed by atoms with Gasteiger partial charge in [0, 0.05) is 5.38 Å². The van der Waals surface area contributed by atoms with Crippen molar-refractivity contribution in [3.05, 3.63) is 51.0 Å².